The number of rotatable bonds is 3. The highest BCUT2D eigenvalue weighted by Gasteiger charge is 2.30. The van der Waals surface area contributed by atoms with Crippen LogP contribution >= 0.6 is 0 Å². The van der Waals surface area contributed by atoms with Gasteiger partial charge in [0.15, 0.2) is 0 Å². The summed E-state index contributed by atoms with van der Waals surface area (Å²) in [6.07, 6.45) is 2.32. The molecule has 2 aromatic rings. The lowest BCUT2D eigenvalue weighted by atomic mass is 9.82. The summed E-state index contributed by atoms with van der Waals surface area (Å²) in [7, 11) is 0. The van der Waals surface area contributed by atoms with Gasteiger partial charge in [-0.05, 0) is 41.8 Å². The molecule has 1 N–H and O–H groups in total. The summed E-state index contributed by atoms with van der Waals surface area (Å²) in [5.41, 5.74) is 1.45. The van der Waals surface area contributed by atoms with Gasteiger partial charge < -0.3 is 5.11 Å². The van der Waals surface area contributed by atoms with Crippen LogP contribution in [0.5, 0.6) is 0 Å². The molecule has 1 atom stereocenters. The van der Waals surface area contributed by atoms with Crippen molar-refractivity contribution in [1.82, 2.24) is 4.90 Å². The van der Waals surface area contributed by atoms with Crippen molar-refractivity contribution >= 4 is 10.8 Å². The average molecular weight is 269 g/mol. The highest BCUT2D eigenvalue weighted by molar-refractivity contribution is 5.82. The van der Waals surface area contributed by atoms with Crippen LogP contribution in [0.3, 0.4) is 0 Å². The van der Waals surface area contributed by atoms with E-state index in [4.69, 9.17) is 0 Å². The second kappa shape index (κ2) is 5.55. The van der Waals surface area contributed by atoms with E-state index in [0.717, 1.165) is 26.1 Å². The van der Waals surface area contributed by atoms with Crippen molar-refractivity contribution in [1.29, 1.82) is 0 Å². The lowest BCUT2D eigenvalue weighted by molar-refractivity contribution is 0.0429. The van der Waals surface area contributed by atoms with Gasteiger partial charge in [-0.15, -0.1) is 0 Å². The van der Waals surface area contributed by atoms with E-state index in [1.165, 1.54) is 22.8 Å². The molecule has 1 saturated heterocycles. The van der Waals surface area contributed by atoms with Gasteiger partial charge in [0.1, 0.15) is 0 Å². The largest absolute Gasteiger partial charge is 0.396 e. The molecule has 0 radical (unpaired) electrons. The van der Waals surface area contributed by atoms with Gasteiger partial charge >= 0.3 is 0 Å². The summed E-state index contributed by atoms with van der Waals surface area (Å²) in [4.78, 5) is 2.48. The van der Waals surface area contributed by atoms with E-state index < -0.39 is 0 Å². The molecule has 2 nitrogen and oxygen atoms in total. The van der Waals surface area contributed by atoms with E-state index in [9.17, 15) is 5.11 Å². The van der Waals surface area contributed by atoms with Crippen molar-refractivity contribution in [3.63, 3.8) is 0 Å². The Morgan fingerprint density at radius 3 is 2.75 bits per heavy atom. The van der Waals surface area contributed by atoms with E-state index in [2.05, 4.69) is 54.3 Å². The van der Waals surface area contributed by atoms with Gasteiger partial charge in [-0.1, -0.05) is 43.3 Å². The summed E-state index contributed by atoms with van der Waals surface area (Å²) >= 11 is 0. The normalized spacial score (nSPS) is 24.1. The molecule has 0 amide bonds. The minimum atomic E-state index is 0.0785. The molecule has 1 unspecified atom stereocenters. The predicted molar refractivity (Wildman–Crippen MR) is 83.7 cm³/mol. The molecule has 1 aliphatic heterocycles. The van der Waals surface area contributed by atoms with Gasteiger partial charge in [-0.3, -0.25) is 4.90 Å². The van der Waals surface area contributed by atoms with Crippen molar-refractivity contribution in [3.05, 3.63) is 48.0 Å². The first kappa shape index (κ1) is 13.6. The van der Waals surface area contributed by atoms with Crippen molar-refractivity contribution in [2.75, 3.05) is 19.7 Å². The monoisotopic (exact) mass is 269 g/mol. The fourth-order valence-corrected chi connectivity index (χ4v) is 3.29. The number of nitrogens with zero attached hydrogens (tertiary/aromatic N) is 1. The Morgan fingerprint density at radius 1 is 1.15 bits per heavy atom. The topological polar surface area (TPSA) is 23.5 Å². The third kappa shape index (κ3) is 2.87. The highest BCUT2D eigenvalue weighted by Crippen LogP contribution is 2.29. The first-order valence-corrected chi connectivity index (χ1v) is 7.49. The van der Waals surface area contributed by atoms with Crippen molar-refractivity contribution in [3.8, 4) is 0 Å². The number of piperidine rings is 1. The number of hydrogen-bond acceptors (Lipinski definition) is 2. The zero-order chi connectivity index (χ0) is 14.0. The fraction of sp³-hybridized carbons (Fsp3) is 0.444. The molecule has 2 aromatic carbocycles. The molecule has 1 fully saturated rings. The minimum Gasteiger partial charge on any atom is -0.396 e. The van der Waals surface area contributed by atoms with E-state index in [1.807, 2.05) is 0 Å². The maximum absolute atomic E-state index is 9.55. The minimum absolute atomic E-state index is 0.0785. The number of aliphatic hydroxyl groups is 1. The van der Waals surface area contributed by atoms with Crippen molar-refractivity contribution in [2.45, 2.75) is 26.3 Å². The summed E-state index contributed by atoms with van der Waals surface area (Å²) in [6.45, 7) is 5.61. The Labute approximate surface area is 121 Å². The standard InChI is InChI=1S/C18H23NO/c1-18(14-20)9-4-10-19(13-18)12-15-7-8-16-5-2-3-6-17(16)11-15/h2-3,5-8,11,20H,4,9-10,12-14H2,1H3. The molecule has 3 rings (SSSR count). The predicted octanol–water partition coefficient (Wildman–Crippen LogP) is 3.43. The third-order valence-electron chi connectivity index (χ3n) is 4.46. The first-order valence-electron chi connectivity index (χ1n) is 7.49. The summed E-state index contributed by atoms with van der Waals surface area (Å²) in [6, 6.07) is 15.2. The Hall–Kier alpha value is -1.38. The summed E-state index contributed by atoms with van der Waals surface area (Å²) in [5.74, 6) is 0. The Morgan fingerprint density at radius 2 is 1.95 bits per heavy atom. The first-order chi connectivity index (χ1) is 9.68. The average Bonchev–Trinajstić information content (AvgIpc) is 2.47. The van der Waals surface area contributed by atoms with Crippen LogP contribution in [0, 0.1) is 5.41 Å². The molecule has 0 bridgehead atoms. The van der Waals surface area contributed by atoms with Crippen LogP contribution in [0.4, 0.5) is 0 Å². The maximum atomic E-state index is 9.55. The zero-order valence-electron chi connectivity index (χ0n) is 12.2. The van der Waals surface area contributed by atoms with E-state index >= 15 is 0 Å². The second-order valence-electron chi connectivity index (χ2n) is 6.46. The van der Waals surface area contributed by atoms with E-state index in [0.29, 0.717) is 6.61 Å². The molecule has 2 heteroatoms. The van der Waals surface area contributed by atoms with Gasteiger partial charge in [-0.25, -0.2) is 0 Å². The Balaban J connectivity index is 1.75. The van der Waals surface area contributed by atoms with Crippen molar-refractivity contribution in [2.24, 2.45) is 5.41 Å². The quantitative estimate of drug-likeness (QED) is 0.922. The van der Waals surface area contributed by atoms with Crippen LogP contribution in [0.15, 0.2) is 42.5 Å². The molecule has 0 spiro atoms. The molecule has 0 saturated carbocycles. The molecule has 1 heterocycles. The number of aliphatic hydroxyl groups excluding tert-OH is 1. The van der Waals surface area contributed by atoms with E-state index in [1.54, 1.807) is 0 Å². The molecule has 0 aromatic heterocycles. The lowest BCUT2D eigenvalue weighted by Crippen LogP contribution is -2.43. The van der Waals surface area contributed by atoms with Gasteiger partial charge in [0.05, 0.1) is 0 Å². The van der Waals surface area contributed by atoms with Crippen LogP contribution in [0.25, 0.3) is 10.8 Å². The molecule has 106 valence electrons. The summed E-state index contributed by atoms with van der Waals surface area (Å²) < 4.78 is 0. The fourth-order valence-electron chi connectivity index (χ4n) is 3.29. The SMILES string of the molecule is CC1(CO)CCCN(Cc2ccc3ccccc3c2)C1. The number of hydrogen-bond donors (Lipinski definition) is 1. The van der Waals surface area contributed by atoms with Crippen LogP contribution in [0.2, 0.25) is 0 Å². The van der Waals surface area contributed by atoms with Crippen molar-refractivity contribution < 1.29 is 5.11 Å². The highest BCUT2D eigenvalue weighted by atomic mass is 16.3. The van der Waals surface area contributed by atoms with Gasteiger partial charge in [-0.2, -0.15) is 0 Å². The van der Waals surface area contributed by atoms with Crippen LogP contribution in [-0.4, -0.2) is 29.7 Å². The molecule has 1 aliphatic rings. The summed E-state index contributed by atoms with van der Waals surface area (Å²) in [5, 5.41) is 12.2. The Bertz CT molecular complexity index is 595. The zero-order valence-corrected chi connectivity index (χ0v) is 12.2. The maximum Gasteiger partial charge on any atom is 0.0497 e. The van der Waals surface area contributed by atoms with Gasteiger partial charge in [0.2, 0.25) is 0 Å². The van der Waals surface area contributed by atoms with Gasteiger partial charge in [0, 0.05) is 25.1 Å². The van der Waals surface area contributed by atoms with Crippen LogP contribution in [0.1, 0.15) is 25.3 Å². The molecule has 0 aliphatic carbocycles. The van der Waals surface area contributed by atoms with E-state index in [-0.39, 0.29) is 5.41 Å². The smallest absolute Gasteiger partial charge is 0.0497 e. The molecular formula is C18H23NO. The third-order valence-corrected chi connectivity index (χ3v) is 4.46. The number of benzene rings is 2. The molecular weight excluding hydrogens is 246 g/mol. The van der Waals surface area contributed by atoms with Crippen LogP contribution in [-0.2, 0) is 6.54 Å². The lowest BCUT2D eigenvalue weighted by Gasteiger charge is -2.39. The molecule has 20 heavy (non-hydrogen) atoms. The van der Waals surface area contributed by atoms with Gasteiger partial charge in [0.25, 0.3) is 0 Å². The Kier molecular flexibility index (Phi) is 3.77. The number of likely N-dealkylation sites (tertiary alicyclic amines) is 1. The van der Waals surface area contributed by atoms with Crippen LogP contribution < -0.4 is 0 Å². The number of fused-ring (bicyclic) bond motifs is 1. The second-order valence-corrected chi connectivity index (χ2v) is 6.46.